The molecule has 0 saturated heterocycles. The van der Waals surface area contributed by atoms with Gasteiger partial charge in [0.2, 0.25) is 0 Å². The second kappa shape index (κ2) is 6.30. The Morgan fingerprint density at radius 2 is 1.81 bits per heavy atom. The molecule has 5 N–H and O–H groups in total. The molecule has 1 aromatic carbocycles. The maximum atomic E-state index is 12.4. The summed E-state index contributed by atoms with van der Waals surface area (Å²) >= 11 is 5.17. The zero-order valence-corrected chi connectivity index (χ0v) is 12.6. The normalized spacial score (nSPS) is 17.7. The number of para-hydroxylation sites is 1. The fourth-order valence-electron chi connectivity index (χ4n) is 2.76. The average Bonchev–Trinajstić information content (AvgIpc) is 2.68. The van der Waals surface area contributed by atoms with Crippen LogP contribution in [-0.4, -0.2) is 26.6 Å². The molecule has 6 heteroatoms. The van der Waals surface area contributed by atoms with Gasteiger partial charge in [0.15, 0.2) is 11.5 Å². The van der Waals surface area contributed by atoms with Gasteiger partial charge in [-0.25, -0.2) is 0 Å². The molecular formula is C15H20N2O3S. The van der Waals surface area contributed by atoms with E-state index in [1.807, 2.05) is 0 Å². The Morgan fingerprint density at radius 3 is 2.38 bits per heavy atom. The quantitative estimate of drug-likeness (QED) is 0.390. The lowest BCUT2D eigenvalue weighted by molar-refractivity contribution is 0.0914. The van der Waals surface area contributed by atoms with Crippen molar-refractivity contribution in [2.24, 2.45) is 5.73 Å². The van der Waals surface area contributed by atoms with Crippen LogP contribution in [0.1, 0.15) is 48.9 Å². The van der Waals surface area contributed by atoms with Crippen LogP contribution < -0.4 is 11.1 Å². The van der Waals surface area contributed by atoms with Crippen LogP contribution in [0.3, 0.4) is 0 Å². The van der Waals surface area contributed by atoms with Gasteiger partial charge in [-0.05, 0) is 25.0 Å². The molecule has 0 bridgehead atoms. The van der Waals surface area contributed by atoms with Gasteiger partial charge in [-0.15, -0.1) is 0 Å². The van der Waals surface area contributed by atoms with Gasteiger partial charge in [0.1, 0.15) is 0 Å². The standard InChI is InChI=1S/C15H20N2O3S/c16-14(21)15(8-3-1-2-4-9-15)17-13(20)10-6-5-7-11(18)12(10)19/h5-7,18-19H,1-4,8-9H2,(H2,16,21)(H,17,20). The third kappa shape index (κ3) is 3.26. The molecule has 1 amide bonds. The van der Waals surface area contributed by atoms with Crippen LogP contribution in [-0.2, 0) is 0 Å². The lowest BCUT2D eigenvalue weighted by Gasteiger charge is -2.33. The van der Waals surface area contributed by atoms with Crippen molar-refractivity contribution in [1.82, 2.24) is 5.32 Å². The van der Waals surface area contributed by atoms with Crippen molar-refractivity contribution in [3.05, 3.63) is 23.8 Å². The smallest absolute Gasteiger partial charge is 0.255 e. The maximum absolute atomic E-state index is 12.4. The molecule has 5 nitrogen and oxygen atoms in total. The van der Waals surface area contributed by atoms with Crippen molar-refractivity contribution >= 4 is 23.1 Å². The van der Waals surface area contributed by atoms with E-state index in [0.29, 0.717) is 12.8 Å². The molecule has 0 radical (unpaired) electrons. The minimum Gasteiger partial charge on any atom is -0.504 e. The molecule has 0 spiro atoms. The van der Waals surface area contributed by atoms with E-state index < -0.39 is 17.2 Å². The number of phenolic OH excluding ortho intramolecular Hbond substituents is 2. The molecule has 1 aliphatic rings. The Hall–Kier alpha value is -1.82. The van der Waals surface area contributed by atoms with E-state index in [2.05, 4.69) is 5.32 Å². The van der Waals surface area contributed by atoms with Gasteiger partial charge in [0, 0.05) is 0 Å². The van der Waals surface area contributed by atoms with E-state index in [1.54, 1.807) is 0 Å². The Labute approximate surface area is 129 Å². The summed E-state index contributed by atoms with van der Waals surface area (Å²) in [6, 6.07) is 4.28. The van der Waals surface area contributed by atoms with E-state index in [1.165, 1.54) is 18.2 Å². The zero-order valence-electron chi connectivity index (χ0n) is 11.8. The number of amides is 1. The molecule has 0 heterocycles. The molecule has 1 aromatic rings. The van der Waals surface area contributed by atoms with Crippen molar-refractivity contribution in [1.29, 1.82) is 0 Å². The van der Waals surface area contributed by atoms with Gasteiger partial charge in [0.25, 0.3) is 5.91 Å². The van der Waals surface area contributed by atoms with Gasteiger partial charge in [-0.2, -0.15) is 0 Å². The number of nitrogens with one attached hydrogen (secondary N) is 1. The number of carbonyl (C=O) groups excluding carboxylic acids is 1. The fourth-order valence-corrected chi connectivity index (χ4v) is 3.02. The number of phenols is 2. The summed E-state index contributed by atoms with van der Waals surface area (Å²) in [5, 5.41) is 22.2. The molecule has 0 aromatic heterocycles. The number of hydrogen-bond donors (Lipinski definition) is 4. The lowest BCUT2D eigenvalue weighted by Crippen LogP contribution is -2.56. The first-order valence-electron chi connectivity index (χ1n) is 7.10. The number of aromatic hydroxyl groups is 2. The molecule has 21 heavy (non-hydrogen) atoms. The first-order valence-corrected chi connectivity index (χ1v) is 7.50. The summed E-state index contributed by atoms with van der Waals surface area (Å²) in [5.74, 6) is -1.23. The maximum Gasteiger partial charge on any atom is 0.255 e. The fraction of sp³-hybridized carbons (Fsp3) is 0.467. The highest BCUT2D eigenvalue weighted by molar-refractivity contribution is 7.80. The van der Waals surface area contributed by atoms with E-state index in [0.717, 1.165) is 25.7 Å². The second-order valence-electron chi connectivity index (χ2n) is 5.49. The molecular weight excluding hydrogens is 288 g/mol. The van der Waals surface area contributed by atoms with Gasteiger partial charge < -0.3 is 21.3 Å². The van der Waals surface area contributed by atoms with E-state index in [9.17, 15) is 15.0 Å². The molecule has 2 rings (SSSR count). The SMILES string of the molecule is NC(=S)C1(NC(=O)c2cccc(O)c2O)CCCCCC1. The van der Waals surface area contributed by atoms with Crippen molar-refractivity contribution in [2.45, 2.75) is 44.1 Å². The molecule has 0 aliphatic heterocycles. The molecule has 1 saturated carbocycles. The van der Waals surface area contributed by atoms with Gasteiger partial charge in [-0.1, -0.05) is 44.0 Å². The highest BCUT2D eigenvalue weighted by Gasteiger charge is 2.36. The number of carbonyl (C=O) groups is 1. The summed E-state index contributed by atoms with van der Waals surface area (Å²) in [6.07, 6.45) is 5.49. The number of rotatable bonds is 3. The summed E-state index contributed by atoms with van der Waals surface area (Å²) in [6.45, 7) is 0. The monoisotopic (exact) mass is 308 g/mol. The highest BCUT2D eigenvalue weighted by Crippen LogP contribution is 2.31. The average molecular weight is 308 g/mol. The lowest BCUT2D eigenvalue weighted by atomic mass is 9.89. The largest absolute Gasteiger partial charge is 0.504 e. The first kappa shape index (κ1) is 15.6. The number of nitrogens with two attached hydrogens (primary N) is 1. The number of thiocarbonyl (C=S) groups is 1. The number of hydrogen-bond acceptors (Lipinski definition) is 4. The minimum absolute atomic E-state index is 0.0230. The van der Waals surface area contributed by atoms with Crippen LogP contribution in [0.25, 0.3) is 0 Å². The first-order chi connectivity index (χ1) is 9.96. The summed E-state index contributed by atoms with van der Waals surface area (Å²) < 4.78 is 0. The predicted octanol–water partition coefficient (Wildman–Crippen LogP) is 2.21. The molecule has 114 valence electrons. The van der Waals surface area contributed by atoms with E-state index >= 15 is 0 Å². The van der Waals surface area contributed by atoms with Crippen molar-refractivity contribution < 1.29 is 15.0 Å². The van der Waals surface area contributed by atoms with Crippen LogP contribution in [0.15, 0.2) is 18.2 Å². The molecule has 0 unspecified atom stereocenters. The van der Waals surface area contributed by atoms with Gasteiger partial charge >= 0.3 is 0 Å². The Morgan fingerprint density at radius 1 is 1.19 bits per heavy atom. The third-order valence-electron chi connectivity index (χ3n) is 4.04. The summed E-state index contributed by atoms with van der Waals surface area (Å²) in [4.78, 5) is 12.7. The van der Waals surface area contributed by atoms with Crippen LogP contribution in [0.4, 0.5) is 0 Å². The zero-order chi connectivity index (χ0) is 15.5. The minimum atomic E-state index is -0.708. The van der Waals surface area contributed by atoms with E-state index in [4.69, 9.17) is 18.0 Å². The Kier molecular flexibility index (Phi) is 4.67. The van der Waals surface area contributed by atoms with Gasteiger partial charge in [-0.3, -0.25) is 4.79 Å². The number of benzene rings is 1. The molecule has 1 fully saturated rings. The Balaban J connectivity index is 2.26. The molecule has 1 aliphatic carbocycles. The van der Waals surface area contributed by atoms with Gasteiger partial charge in [0.05, 0.1) is 16.1 Å². The van der Waals surface area contributed by atoms with Crippen LogP contribution >= 0.6 is 12.2 Å². The summed E-state index contributed by atoms with van der Waals surface area (Å²) in [5.41, 5.74) is 5.19. The van der Waals surface area contributed by atoms with Crippen LogP contribution in [0, 0.1) is 0 Å². The summed E-state index contributed by atoms with van der Waals surface area (Å²) in [7, 11) is 0. The second-order valence-corrected chi connectivity index (χ2v) is 5.93. The predicted molar refractivity (Wildman–Crippen MR) is 84.5 cm³/mol. The highest BCUT2D eigenvalue weighted by atomic mass is 32.1. The third-order valence-corrected chi connectivity index (χ3v) is 4.43. The van der Waals surface area contributed by atoms with Crippen molar-refractivity contribution in [3.8, 4) is 11.5 Å². The van der Waals surface area contributed by atoms with Crippen LogP contribution in [0.2, 0.25) is 0 Å². The van der Waals surface area contributed by atoms with E-state index in [-0.39, 0.29) is 16.3 Å². The topological polar surface area (TPSA) is 95.6 Å². The molecule has 0 atom stereocenters. The van der Waals surface area contributed by atoms with Crippen molar-refractivity contribution in [2.75, 3.05) is 0 Å². The van der Waals surface area contributed by atoms with Crippen LogP contribution in [0.5, 0.6) is 11.5 Å². The Bertz CT molecular complexity index is 552. The van der Waals surface area contributed by atoms with Crippen molar-refractivity contribution in [3.63, 3.8) is 0 Å².